The standard InChI is InChI=1S/C16H24ClNO/c1-12-4-3-5-15(10-12)18-8-9-19-16-11-14(17)7-6-13(16)2/h6-7,11-12,15,18H,3-5,8-10H2,1-2H3. The van der Waals surface area contributed by atoms with Crippen LogP contribution in [-0.4, -0.2) is 19.2 Å². The number of halogens is 1. The third-order valence-electron chi connectivity index (χ3n) is 3.88. The highest BCUT2D eigenvalue weighted by molar-refractivity contribution is 6.30. The Morgan fingerprint density at radius 2 is 2.21 bits per heavy atom. The molecule has 0 bridgehead atoms. The number of benzene rings is 1. The second kappa shape index (κ2) is 7.16. The van der Waals surface area contributed by atoms with Gasteiger partial charge in [0.2, 0.25) is 0 Å². The third kappa shape index (κ3) is 4.70. The Balaban J connectivity index is 1.70. The molecule has 0 heterocycles. The molecular formula is C16H24ClNO. The molecule has 0 radical (unpaired) electrons. The molecule has 0 saturated heterocycles. The van der Waals surface area contributed by atoms with Crippen molar-refractivity contribution in [3.05, 3.63) is 28.8 Å². The van der Waals surface area contributed by atoms with Crippen LogP contribution in [0.5, 0.6) is 5.75 Å². The van der Waals surface area contributed by atoms with Gasteiger partial charge >= 0.3 is 0 Å². The molecule has 2 unspecified atom stereocenters. The van der Waals surface area contributed by atoms with Crippen molar-refractivity contribution in [3.8, 4) is 5.75 Å². The van der Waals surface area contributed by atoms with Gasteiger partial charge in [0, 0.05) is 17.6 Å². The van der Waals surface area contributed by atoms with Crippen LogP contribution in [0.1, 0.15) is 38.2 Å². The van der Waals surface area contributed by atoms with Gasteiger partial charge < -0.3 is 10.1 Å². The monoisotopic (exact) mass is 281 g/mol. The average Bonchev–Trinajstić information content (AvgIpc) is 2.39. The first-order valence-electron chi connectivity index (χ1n) is 7.27. The van der Waals surface area contributed by atoms with Crippen LogP contribution < -0.4 is 10.1 Å². The van der Waals surface area contributed by atoms with Crippen molar-refractivity contribution in [1.29, 1.82) is 0 Å². The number of hydrogen-bond acceptors (Lipinski definition) is 2. The minimum absolute atomic E-state index is 0.674. The van der Waals surface area contributed by atoms with Crippen LogP contribution >= 0.6 is 11.6 Å². The Labute approximate surface area is 121 Å². The fourth-order valence-corrected chi connectivity index (χ4v) is 2.94. The Morgan fingerprint density at radius 3 is 3.00 bits per heavy atom. The molecule has 2 atom stereocenters. The number of nitrogens with one attached hydrogen (secondary N) is 1. The number of hydrogen-bond donors (Lipinski definition) is 1. The van der Waals surface area contributed by atoms with Crippen LogP contribution in [0.4, 0.5) is 0 Å². The van der Waals surface area contributed by atoms with E-state index in [0.717, 1.165) is 28.8 Å². The molecule has 2 rings (SSSR count). The molecular weight excluding hydrogens is 258 g/mol. The van der Waals surface area contributed by atoms with Crippen molar-refractivity contribution in [2.45, 2.75) is 45.6 Å². The van der Waals surface area contributed by atoms with Crippen LogP contribution in [-0.2, 0) is 0 Å². The van der Waals surface area contributed by atoms with Crippen molar-refractivity contribution in [3.63, 3.8) is 0 Å². The van der Waals surface area contributed by atoms with Gasteiger partial charge in [-0.05, 0) is 43.4 Å². The molecule has 1 aliphatic rings. The Bertz CT molecular complexity index is 408. The summed E-state index contributed by atoms with van der Waals surface area (Å²) in [6, 6.07) is 6.45. The summed E-state index contributed by atoms with van der Waals surface area (Å²) in [7, 11) is 0. The third-order valence-corrected chi connectivity index (χ3v) is 4.11. The lowest BCUT2D eigenvalue weighted by Gasteiger charge is -2.27. The quantitative estimate of drug-likeness (QED) is 0.817. The van der Waals surface area contributed by atoms with E-state index in [1.165, 1.54) is 25.7 Å². The van der Waals surface area contributed by atoms with E-state index in [1.807, 2.05) is 25.1 Å². The number of aryl methyl sites for hydroxylation is 1. The van der Waals surface area contributed by atoms with Crippen molar-refractivity contribution in [1.82, 2.24) is 5.32 Å². The summed E-state index contributed by atoms with van der Waals surface area (Å²) in [4.78, 5) is 0. The highest BCUT2D eigenvalue weighted by Crippen LogP contribution is 2.24. The topological polar surface area (TPSA) is 21.3 Å². The predicted octanol–water partition coefficient (Wildman–Crippen LogP) is 4.20. The van der Waals surface area contributed by atoms with E-state index in [0.29, 0.717) is 12.6 Å². The summed E-state index contributed by atoms with van der Waals surface area (Å²) in [5, 5.41) is 4.33. The molecule has 0 amide bonds. The van der Waals surface area contributed by atoms with Crippen molar-refractivity contribution in [2.24, 2.45) is 5.92 Å². The normalized spacial score (nSPS) is 23.3. The lowest BCUT2D eigenvalue weighted by molar-refractivity contribution is 0.265. The maximum Gasteiger partial charge on any atom is 0.123 e. The van der Waals surface area contributed by atoms with E-state index in [9.17, 15) is 0 Å². The molecule has 0 spiro atoms. The van der Waals surface area contributed by atoms with Gasteiger partial charge in [-0.1, -0.05) is 37.4 Å². The number of ether oxygens (including phenoxy) is 1. The first-order chi connectivity index (χ1) is 9.15. The van der Waals surface area contributed by atoms with E-state index >= 15 is 0 Å². The fraction of sp³-hybridized carbons (Fsp3) is 0.625. The van der Waals surface area contributed by atoms with Gasteiger partial charge in [0.25, 0.3) is 0 Å². The predicted molar refractivity (Wildman–Crippen MR) is 81.1 cm³/mol. The molecule has 0 aromatic heterocycles. The second-order valence-electron chi connectivity index (χ2n) is 5.68. The molecule has 0 aliphatic heterocycles. The minimum Gasteiger partial charge on any atom is -0.492 e. The smallest absolute Gasteiger partial charge is 0.123 e. The molecule has 19 heavy (non-hydrogen) atoms. The molecule has 1 fully saturated rings. The summed E-state index contributed by atoms with van der Waals surface area (Å²) < 4.78 is 5.79. The molecule has 1 aromatic carbocycles. The largest absolute Gasteiger partial charge is 0.492 e. The Morgan fingerprint density at radius 1 is 1.37 bits per heavy atom. The summed E-state index contributed by atoms with van der Waals surface area (Å²) >= 11 is 5.97. The summed E-state index contributed by atoms with van der Waals surface area (Å²) in [6.45, 7) is 6.00. The Hall–Kier alpha value is -0.730. The van der Waals surface area contributed by atoms with Gasteiger partial charge in [-0.15, -0.1) is 0 Å². The van der Waals surface area contributed by atoms with Crippen LogP contribution in [0.25, 0.3) is 0 Å². The van der Waals surface area contributed by atoms with Crippen LogP contribution in [0, 0.1) is 12.8 Å². The summed E-state index contributed by atoms with van der Waals surface area (Å²) in [6.07, 6.45) is 5.35. The van der Waals surface area contributed by atoms with Gasteiger partial charge in [0.15, 0.2) is 0 Å². The van der Waals surface area contributed by atoms with E-state index in [-0.39, 0.29) is 0 Å². The van der Waals surface area contributed by atoms with Gasteiger partial charge in [0.1, 0.15) is 12.4 Å². The Kier molecular flexibility index (Phi) is 5.53. The van der Waals surface area contributed by atoms with Crippen molar-refractivity contribution in [2.75, 3.05) is 13.2 Å². The zero-order valence-corrected chi connectivity index (χ0v) is 12.7. The molecule has 1 aliphatic carbocycles. The molecule has 1 saturated carbocycles. The molecule has 2 nitrogen and oxygen atoms in total. The minimum atomic E-state index is 0.674. The molecule has 106 valence electrons. The van der Waals surface area contributed by atoms with Crippen LogP contribution in [0.3, 0.4) is 0 Å². The van der Waals surface area contributed by atoms with Gasteiger partial charge in [-0.2, -0.15) is 0 Å². The lowest BCUT2D eigenvalue weighted by atomic mass is 9.87. The zero-order chi connectivity index (χ0) is 13.7. The zero-order valence-electron chi connectivity index (χ0n) is 11.9. The maximum absolute atomic E-state index is 5.97. The van der Waals surface area contributed by atoms with E-state index in [4.69, 9.17) is 16.3 Å². The van der Waals surface area contributed by atoms with E-state index in [1.54, 1.807) is 0 Å². The van der Waals surface area contributed by atoms with Crippen molar-refractivity contribution >= 4 is 11.6 Å². The highest BCUT2D eigenvalue weighted by atomic mass is 35.5. The number of rotatable bonds is 5. The average molecular weight is 282 g/mol. The lowest BCUT2D eigenvalue weighted by Crippen LogP contribution is -2.36. The van der Waals surface area contributed by atoms with E-state index in [2.05, 4.69) is 12.2 Å². The fourth-order valence-electron chi connectivity index (χ4n) is 2.77. The maximum atomic E-state index is 5.97. The van der Waals surface area contributed by atoms with Crippen LogP contribution in [0.15, 0.2) is 18.2 Å². The second-order valence-corrected chi connectivity index (χ2v) is 6.12. The first kappa shape index (κ1) is 14.7. The highest BCUT2D eigenvalue weighted by Gasteiger charge is 2.17. The molecule has 1 aromatic rings. The van der Waals surface area contributed by atoms with Crippen LogP contribution in [0.2, 0.25) is 5.02 Å². The summed E-state index contributed by atoms with van der Waals surface area (Å²) in [5.41, 5.74) is 1.13. The molecule has 3 heteroatoms. The van der Waals surface area contributed by atoms with Gasteiger partial charge in [0.05, 0.1) is 0 Å². The summed E-state index contributed by atoms with van der Waals surface area (Å²) in [5.74, 6) is 1.76. The molecule has 1 N–H and O–H groups in total. The first-order valence-corrected chi connectivity index (χ1v) is 7.65. The van der Waals surface area contributed by atoms with E-state index < -0.39 is 0 Å². The SMILES string of the molecule is Cc1ccc(Cl)cc1OCCNC1CCCC(C)C1. The van der Waals surface area contributed by atoms with Gasteiger partial charge in [-0.25, -0.2) is 0 Å². The van der Waals surface area contributed by atoms with Gasteiger partial charge in [-0.3, -0.25) is 0 Å². The van der Waals surface area contributed by atoms with Crippen molar-refractivity contribution < 1.29 is 4.74 Å².